The molecule has 0 unspecified atom stereocenters. The Kier molecular flexibility index (Phi) is 2.63. The van der Waals surface area contributed by atoms with Crippen molar-refractivity contribution in [1.82, 2.24) is 0 Å². The van der Waals surface area contributed by atoms with Gasteiger partial charge in [0.05, 0.1) is 11.5 Å². The summed E-state index contributed by atoms with van der Waals surface area (Å²) < 4.78 is 11.6. The minimum absolute atomic E-state index is 0.105. The van der Waals surface area contributed by atoms with E-state index in [0.29, 0.717) is 0 Å². The second-order valence-electron chi connectivity index (χ2n) is 5.17. The van der Waals surface area contributed by atoms with Gasteiger partial charge in [0.2, 0.25) is 0 Å². The van der Waals surface area contributed by atoms with E-state index in [2.05, 4.69) is 0 Å². The Hall–Kier alpha value is -0.410. The van der Waals surface area contributed by atoms with Gasteiger partial charge in [0.15, 0.2) is 11.6 Å². The van der Waals surface area contributed by atoms with Crippen LogP contribution in [0.5, 0.6) is 0 Å². The third-order valence-corrected chi connectivity index (χ3v) is 3.75. The van der Waals surface area contributed by atoms with Crippen LogP contribution in [0, 0.1) is 5.41 Å². The van der Waals surface area contributed by atoms with Gasteiger partial charge < -0.3 is 9.47 Å². The molecule has 2 rings (SSSR count). The lowest BCUT2D eigenvalue weighted by molar-refractivity contribution is -0.283. The van der Waals surface area contributed by atoms with Gasteiger partial charge >= 0.3 is 0 Å². The zero-order valence-corrected chi connectivity index (χ0v) is 9.84. The Morgan fingerprint density at radius 2 is 2.00 bits per heavy atom. The maximum absolute atomic E-state index is 11.9. The first kappa shape index (κ1) is 11.1. The molecule has 1 aliphatic heterocycles. The largest absolute Gasteiger partial charge is 0.346 e. The van der Waals surface area contributed by atoms with Gasteiger partial charge in [-0.05, 0) is 33.6 Å². The molecule has 3 nitrogen and oxygen atoms in total. The van der Waals surface area contributed by atoms with Gasteiger partial charge in [0, 0.05) is 6.42 Å². The van der Waals surface area contributed by atoms with Crippen molar-refractivity contribution in [3.63, 3.8) is 0 Å². The van der Waals surface area contributed by atoms with Crippen molar-refractivity contribution in [1.29, 1.82) is 0 Å². The fourth-order valence-corrected chi connectivity index (χ4v) is 2.83. The molecule has 1 heterocycles. The molecule has 0 radical (unpaired) electrons. The van der Waals surface area contributed by atoms with Crippen LogP contribution in [0.25, 0.3) is 0 Å². The first-order valence-electron chi connectivity index (χ1n) is 5.85. The molecule has 1 saturated carbocycles. The van der Waals surface area contributed by atoms with Crippen LogP contribution in [-0.2, 0) is 14.3 Å². The number of fused-ring (bicyclic) bond motifs is 1. The van der Waals surface area contributed by atoms with Gasteiger partial charge in [-0.1, -0.05) is 6.42 Å². The van der Waals surface area contributed by atoms with Crippen LogP contribution >= 0.6 is 0 Å². The SMILES string of the molecule is CC(C)O[C@@]12CCCC[C@]1(C)C(=O)CO2. The summed E-state index contributed by atoms with van der Waals surface area (Å²) >= 11 is 0. The molecule has 0 amide bonds. The molecule has 2 aliphatic rings. The topological polar surface area (TPSA) is 35.5 Å². The van der Waals surface area contributed by atoms with Crippen molar-refractivity contribution >= 4 is 5.78 Å². The molecule has 15 heavy (non-hydrogen) atoms. The summed E-state index contributed by atoms with van der Waals surface area (Å²) in [4.78, 5) is 11.9. The molecule has 1 saturated heterocycles. The summed E-state index contributed by atoms with van der Waals surface area (Å²) in [6.45, 7) is 6.22. The van der Waals surface area contributed by atoms with E-state index in [4.69, 9.17) is 9.47 Å². The van der Waals surface area contributed by atoms with Gasteiger partial charge in [-0.25, -0.2) is 0 Å². The predicted octanol–water partition coefficient (Wildman–Crippen LogP) is 2.29. The van der Waals surface area contributed by atoms with E-state index in [1.54, 1.807) is 0 Å². The van der Waals surface area contributed by atoms with Crippen LogP contribution in [-0.4, -0.2) is 24.3 Å². The maximum Gasteiger partial charge on any atom is 0.181 e. The van der Waals surface area contributed by atoms with Crippen LogP contribution in [0.15, 0.2) is 0 Å². The molecule has 0 aromatic heterocycles. The van der Waals surface area contributed by atoms with E-state index in [0.717, 1.165) is 25.7 Å². The monoisotopic (exact) mass is 212 g/mol. The highest BCUT2D eigenvalue weighted by molar-refractivity contribution is 5.88. The van der Waals surface area contributed by atoms with E-state index < -0.39 is 11.2 Å². The Morgan fingerprint density at radius 3 is 2.67 bits per heavy atom. The van der Waals surface area contributed by atoms with E-state index in [-0.39, 0.29) is 18.5 Å². The minimum atomic E-state index is -0.628. The first-order valence-corrected chi connectivity index (χ1v) is 5.85. The van der Waals surface area contributed by atoms with Gasteiger partial charge in [-0.2, -0.15) is 0 Å². The molecule has 0 aromatic carbocycles. The number of ketones is 1. The van der Waals surface area contributed by atoms with Gasteiger partial charge in [0.1, 0.15) is 6.61 Å². The highest BCUT2D eigenvalue weighted by atomic mass is 16.7. The molecular formula is C12H20O3. The second kappa shape index (κ2) is 3.56. The molecule has 2 atom stereocenters. The molecule has 0 N–H and O–H groups in total. The molecule has 3 heteroatoms. The highest BCUT2D eigenvalue weighted by Gasteiger charge is 2.61. The number of ether oxygens (including phenoxy) is 2. The third kappa shape index (κ3) is 1.53. The zero-order valence-electron chi connectivity index (χ0n) is 9.84. The van der Waals surface area contributed by atoms with Crippen molar-refractivity contribution in [2.45, 2.75) is 58.3 Å². The minimum Gasteiger partial charge on any atom is -0.346 e. The number of hydrogen-bond acceptors (Lipinski definition) is 3. The summed E-state index contributed by atoms with van der Waals surface area (Å²) in [5, 5.41) is 0. The number of hydrogen-bond donors (Lipinski definition) is 0. The molecule has 86 valence electrons. The van der Waals surface area contributed by atoms with Crippen molar-refractivity contribution in [2.75, 3.05) is 6.61 Å². The Morgan fingerprint density at radius 1 is 1.33 bits per heavy atom. The summed E-state index contributed by atoms with van der Waals surface area (Å²) in [5.41, 5.74) is -0.407. The summed E-state index contributed by atoms with van der Waals surface area (Å²) in [6, 6.07) is 0. The summed E-state index contributed by atoms with van der Waals surface area (Å²) in [6.07, 6.45) is 4.06. The van der Waals surface area contributed by atoms with E-state index in [1.807, 2.05) is 20.8 Å². The van der Waals surface area contributed by atoms with E-state index in [9.17, 15) is 4.79 Å². The quantitative estimate of drug-likeness (QED) is 0.704. The lowest BCUT2D eigenvalue weighted by atomic mass is 9.69. The normalized spacial score (nSPS) is 40.9. The average Bonchev–Trinajstić information content (AvgIpc) is 2.41. The number of carbonyl (C=O) groups is 1. The molecule has 0 spiro atoms. The zero-order chi connectivity index (χ0) is 11.1. The molecular weight excluding hydrogens is 192 g/mol. The number of carbonyl (C=O) groups excluding carboxylic acids is 1. The van der Waals surface area contributed by atoms with Crippen molar-refractivity contribution in [3.8, 4) is 0 Å². The first-order chi connectivity index (χ1) is 7.00. The summed E-state index contributed by atoms with van der Waals surface area (Å²) in [7, 11) is 0. The maximum atomic E-state index is 11.9. The number of rotatable bonds is 2. The lowest BCUT2D eigenvalue weighted by Crippen LogP contribution is -2.51. The van der Waals surface area contributed by atoms with Crippen molar-refractivity contribution in [2.24, 2.45) is 5.41 Å². The highest BCUT2D eigenvalue weighted by Crippen LogP contribution is 2.52. The fourth-order valence-electron chi connectivity index (χ4n) is 2.83. The smallest absolute Gasteiger partial charge is 0.181 e. The Labute approximate surface area is 91.1 Å². The fraction of sp³-hybridized carbons (Fsp3) is 0.917. The Bertz CT molecular complexity index is 274. The van der Waals surface area contributed by atoms with Crippen LogP contribution in [0.1, 0.15) is 46.5 Å². The predicted molar refractivity (Wildman–Crippen MR) is 56.5 cm³/mol. The van der Waals surface area contributed by atoms with E-state index in [1.165, 1.54) is 0 Å². The standard InChI is InChI=1S/C12H20O3/c1-9(2)15-12-7-5-4-6-11(12,3)10(13)8-14-12/h9H,4-8H2,1-3H3/t11-,12+/m1/s1. The van der Waals surface area contributed by atoms with Gasteiger partial charge in [-0.3, -0.25) is 4.79 Å². The molecule has 2 fully saturated rings. The van der Waals surface area contributed by atoms with Crippen LogP contribution in [0.2, 0.25) is 0 Å². The second-order valence-corrected chi connectivity index (χ2v) is 5.17. The van der Waals surface area contributed by atoms with Crippen molar-refractivity contribution < 1.29 is 14.3 Å². The number of Topliss-reactive ketones (excluding diaryl/α,β-unsaturated/α-hetero) is 1. The van der Waals surface area contributed by atoms with Crippen LogP contribution in [0.4, 0.5) is 0 Å². The van der Waals surface area contributed by atoms with Gasteiger partial charge in [0.25, 0.3) is 0 Å². The summed E-state index contributed by atoms with van der Waals surface area (Å²) in [5.74, 6) is -0.417. The van der Waals surface area contributed by atoms with Crippen molar-refractivity contribution in [3.05, 3.63) is 0 Å². The van der Waals surface area contributed by atoms with Gasteiger partial charge in [-0.15, -0.1) is 0 Å². The van der Waals surface area contributed by atoms with E-state index >= 15 is 0 Å². The molecule has 1 aliphatic carbocycles. The third-order valence-electron chi connectivity index (χ3n) is 3.75. The molecule has 0 aromatic rings. The average molecular weight is 212 g/mol. The van der Waals surface area contributed by atoms with Crippen LogP contribution < -0.4 is 0 Å². The van der Waals surface area contributed by atoms with Crippen LogP contribution in [0.3, 0.4) is 0 Å². The lowest BCUT2D eigenvalue weighted by Gasteiger charge is -2.45. The Balaban J connectivity index is 2.29. The molecule has 0 bridgehead atoms.